The molecule has 25 heavy (non-hydrogen) atoms. The molecule has 0 fully saturated rings. The van der Waals surface area contributed by atoms with Crippen molar-refractivity contribution in [1.82, 2.24) is 10.3 Å². The maximum absolute atomic E-state index is 12.0. The van der Waals surface area contributed by atoms with Gasteiger partial charge < -0.3 is 14.8 Å². The lowest BCUT2D eigenvalue weighted by atomic mass is 10.1. The molecular weight excluding hydrogens is 320 g/mol. The molecular formula is C19H22N2O4. The van der Waals surface area contributed by atoms with E-state index < -0.39 is 12.1 Å². The third-order valence-corrected chi connectivity index (χ3v) is 3.67. The summed E-state index contributed by atoms with van der Waals surface area (Å²) >= 11 is 0. The first-order valence-electron chi connectivity index (χ1n) is 8.04. The maximum atomic E-state index is 12.0. The number of hydrogen-bond donors (Lipinski definition) is 1. The van der Waals surface area contributed by atoms with Gasteiger partial charge >= 0.3 is 5.97 Å². The first-order valence-corrected chi connectivity index (χ1v) is 8.04. The average molecular weight is 342 g/mol. The van der Waals surface area contributed by atoms with Gasteiger partial charge in [0.2, 0.25) is 0 Å². The lowest BCUT2D eigenvalue weighted by Crippen LogP contribution is -2.36. The van der Waals surface area contributed by atoms with E-state index in [0.717, 1.165) is 17.0 Å². The second-order valence-electron chi connectivity index (χ2n) is 5.62. The zero-order valence-electron chi connectivity index (χ0n) is 14.6. The smallest absolute Gasteiger partial charge is 0.340 e. The van der Waals surface area contributed by atoms with Crippen molar-refractivity contribution < 1.29 is 19.1 Å². The Morgan fingerprint density at radius 2 is 1.88 bits per heavy atom. The Kier molecular flexibility index (Phi) is 6.51. The van der Waals surface area contributed by atoms with Gasteiger partial charge in [-0.2, -0.15) is 0 Å². The normalized spacial score (nSPS) is 11.5. The van der Waals surface area contributed by atoms with Crippen LogP contribution in [0, 0.1) is 6.92 Å². The van der Waals surface area contributed by atoms with E-state index in [2.05, 4.69) is 10.3 Å². The summed E-state index contributed by atoms with van der Waals surface area (Å²) < 4.78 is 10.3. The predicted molar refractivity (Wildman–Crippen MR) is 93.6 cm³/mol. The summed E-state index contributed by atoms with van der Waals surface area (Å²) in [6, 6.07) is 11.0. The molecule has 1 aromatic carbocycles. The van der Waals surface area contributed by atoms with Gasteiger partial charge in [0.1, 0.15) is 5.75 Å². The topological polar surface area (TPSA) is 77.5 Å². The molecule has 6 nitrogen and oxygen atoms in total. The molecule has 1 heterocycles. The van der Waals surface area contributed by atoms with Crippen molar-refractivity contribution >= 4 is 11.9 Å². The van der Waals surface area contributed by atoms with Crippen molar-refractivity contribution in [1.29, 1.82) is 0 Å². The Balaban J connectivity index is 1.77. The number of benzene rings is 1. The highest BCUT2D eigenvalue weighted by molar-refractivity contribution is 5.91. The molecule has 2 aromatic rings. The number of nitrogens with zero attached hydrogens (tertiary/aromatic N) is 1. The van der Waals surface area contributed by atoms with E-state index in [0.29, 0.717) is 18.5 Å². The van der Waals surface area contributed by atoms with Crippen LogP contribution in [0.1, 0.15) is 28.5 Å². The van der Waals surface area contributed by atoms with E-state index in [4.69, 9.17) is 9.47 Å². The fraction of sp³-hybridized carbons (Fsp3) is 0.316. The van der Waals surface area contributed by atoms with Gasteiger partial charge in [-0.25, -0.2) is 4.79 Å². The zero-order valence-corrected chi connectivity index (χ0v) is 14.6. The molecule has 0 unspecified atom stereocenters. The van der Waals surface area contributed by atoms with E-state index in [1.165, 1.54) is 6.20 Å². The minimum absolute atomic E-state index is 0.323. The fourth-order valence-electron chi connectivity index (χ4n) is 2.14. The minimum Gasteiger partial charge on any atom is -0.497 e. The van der Waals surface area contributed by atoms with E-state index in [1.54, 1.807) is 26.2 Å². The third kappa shape index (κ3) is 5.60. The number of aromatic nitrogens is 1. The summed E-state index contributed by atoms with van der Waals surface area (Å²) in [5, 5.41) is 2.76. The molecule has 0 saturated carbocycles. The molecule has 1 amide bonds. The first kappa shape index (κ1) is 18.4. The van der Waals surface area contributed by atoms with Gasteiger partial charge in [-0.15, -0.1) is 0 Å². The lowest BCUT2D eigenvalue weighted by Gasteiger charge is -2.13. The minimum atomic E-state index is -0.871. The molecule has 0 radical (unpaired) electrons. The number of aryl methyl sites for hydroxylation is 1. The van der Waals surface area contributed by atoms with Gasteiger partial charge in [0.15, 0.2) is 6.10 Å². The number of hydrogen-bond acceptors (Lipinski definition) is 5. The van der Waals surface area contributed by atoms with Gasteiger partial charge in [-0.3, -0.25) is 9.78 Å². The van der Waals surface area contributed by atoms with Crippen LogP contribution in [0.15, 0.2) is 42.6 Å². The van der Waals surface area contributed by atoms with Crippen molar-refractivity contribution in [3.8, 4) is 5.75 Å². The Bertz CT molecular complexity index is 711. The van der Waals surface area contributed by atoms with Gasteiger partial charge in [-0.05, 0) is 50.1 Å². The Morgan fingerprint density at radius 3 is 2.48 bits per heavy atom. The number of carbonyl (C=O) groups is 2. The van der Waals surface area contributed by atoms with Crippen molar-refractivity contribution in [2.75, 3.05) is 13.7 Å². The second-order valence-corrected chi connectivity index (χ2v) is 5.62. The highest BCUT2D eigenvalue weighted by Gasteiger charge is 2.18. The van der Waals surface area contributed by atoms with Crippen molar-refractivity contribution in [3.63, 3.8) is 0 Å². The molecule has 1 N–H and O–H groups in total. The number of ether oxygens (including phenoxy) is 2. The summed E-state index contributed by atoms with van der Waals surface area (Å²) in [6.07, 6.45) is 1.24. The summed E-state index contributed by atoms with van der Waals surface area (Å²) in [5.41, 5.74) is 2.21. The van der Waals surface area contributed by atoms with E-state index >= 15 is 0 Å². The van der Waals surface area contributed by atoms with E-state index in [9.17, 15) is 9.59 Å². The lowest BCUT2D eigenvalue weighted by molar-refractivity contribution is -0.129. The van der Waals surface area contributed by atoms with Gasteiger partial charge in [-0.1, -0.05) is 12.1 Å². The third-order valence-electron chi connectivity index (χ3n) is 3.67. The molecule has 0 aliphatic rings. The number of esters is 1. The average Bonchev–Trinajstić information content (AvgIpc) is 2.62. The standard InChI is InChI=1S/C19H22N2O4/c1-13-4-7-16(12-21-13)19(23)25-14(2)18(22)20-11-10-15-5-8-17(24-3)9-6-15/h4-9,12,14H,10-11H2,1-3H3,(H,20,22)/t14-/m0/s1. The van der Waals surface area contributed by atoms with E-state index in [-0.39, 0.29) is 5.91 Å². The highest BCUT2D eigenvalue weighted by Crippen LogP contribution is 2.11. The number of rotatable bonds is 7. The number of nitrogens with one attached hydrogen (secondary N) is 1. The van der Waals surface area contributed by atoms with Crippen LogP contribution in [0.25, 0.3) is 0 Å². The zero-order chi connectivity index (χ0) is 18.2. The van der Waals surface area contributed by atoms with Crippen molar-refractivity contribution in [3.05, 3.63) is 59.4 Å². The molecule has 0 aliphatic carbocycles. The van der Waals surface area contributed by atoms with Gasteiger partial charge in [0.25, 0.3) is 5.91 Å². The second kappa shape index (κ2) is 8.82. The summed E-state index contributed by atoms with van der Waals surface area (Å²) in [6.45, 7) is 3.83. The Labute approximate surface area is 147 Å². The maximum Gasteiger partial charge on any atom is 0.340 e. The predicted octanol–water partition coefficient (Wildman–Crippen LogP) is 2.30. The molecule has 2 rings (SSSR count). The van der Waals surface area contributed by atoms with E-state index in [1.807, 2.05) is 31.2 Å². The van der Waals surface area contributed by atoms with Crippen LogP contribution in [0.5, 0.6) is 5.75 Å². The molecule has 6 heteroatoms. The van der Waals surface area contributed by atoms with Gasteiger partial charge in [0, 0.05) is 18.4 Å². The monoisotopic (exact) mass is 342 g/mol. The fourth-order valence-corrected chi connectivity index (χ4v) is 2.14. The van der Waals surface area contributed by atoms with Crippen LogP contribution in [0.4, 0.5) is 0 Å². The van der Waals surface area contributed by atoms with Crippen molar-refractivity contribution in [2.45, 2.75) is 26.4 Å². The first-order chi connectivity index (χ1) is 12.0. The molecule has 1 aromatic heterocycles. The Morgan fingerprint density at radius 1 is 1.16 bits per heavy atom. The molecule has 132 valence electrons. The molecule has 0 saturated heterocycles. The summed E-state index contributed by atoms with van der Waals surface area (Å²) in [5.74, 6) is -0.105. The van der Waals surface area contributed by atoms with Crippen LogP contribution < -0.4 is 10.1 Å². The molecule has 0 bridgehead atoms. The SMILES string of the molecule is COc1ccc(CCNC(=O)[C@H](C)OC(=O)c2ccc(C)nc2)cc1. The van der Waals surface area contributed by atoms with Crippen LogP contribution >= 0.6 is 0 Å². The van der Waals surface area contributed by atoms with Crippen LogP contribution in [-0.4, -0.2) is 36.6 Å². The number of amides is 1. The summed E-state index contributed by atoms with van der Waals surface area (Å²) in [4.78, 5) is 28.0. The number of pyridine rings is 1. The van der Waals surface area contributed by atoms with Crippen molar-refractivity contribution in [2.24, 2.45) is 0 Å². The Hall–Kier alpha value is -2.89. The summed E-state index contributed by atoms with van der Waals surface area (Å²) in [7, 11) is 1.62. The largest absolute Gasteiger partial charge is 0.497 e. The number of methoxy groups -OCH3 is 1. The van der Waals surface area contributed by atoms with Gasteiger partial charge in [0.05, 0.1) is 12.7 Å². The molecule has 0 aliphatic heterocycles. The molecule has 0 spiro atoms. The quantitative estimate of drug-likeness (QED) is 0.781. The number of carbonyl (C=O) groups excluding carboxylic acids is 2. The van der Waals surface area contributed by atoms with Crippen LogP contribution in [0.3, 0.4) is 0 Å². The molecule has 1 atom stereocenters. The van der Waals surface area contributed by atoms with Crippen LogP contribution in [-0.2, 0) is 16.0 Å². The highest BCUT2D eigenvalue weighted by atomic mass is 16.5. The van der Waals surface area contributed by atoms with Crippen LogP contribution in [0.2, 0.25) is 0 Å².